The van der Waals surface area contributed by atoms with E-state index in [9.17, 15) is 4.79 Å². The van der Waals surface area contributed by atoms with E-state index in [-0.39, 0.29) is 5.91 Å². The minimum atomic E-state index is -0.0986. The van der Waals surface area contributed by atoms with E-state index < -0.39 is 0 Å². The topological polar surface area (TPSA) is 57.3 Å². The van der Waals surface area contributed by atoms with E-state index in [4.69, 9.17) is 0 Å². The highest BCUT2D eigenvalue weighted by Crippen LogP contribution is 2.14. The Morgan fingerprint density at radius 1 is 1.33 bits per heavy atom. The number of pyridine rings is 1. The van der Waals surface area contributed by atoms with Gasteiger partial charge in [-0.25, -0.2) is 4.98 Å². The molecule has 0 spiro atoms. The number of hydrogen-bond donors (Lipinski definition) is 2. The first kappa shape index (κ1) is 15.5. The summed E-state index contributed by atoms with van der Waals surface area (Å²) in [4.78, 5) is 19.0. The summed E-state index contributed by atoms with van der Waals surface area (Å²) in [7, 11) is 4.12. The minimum Gasteiger partial charge on any atom is -0.370 e. The molecule has 0 saturated carbocycles. The van der Waals surface area contributed by atoms with Gasteiger partial charge in [-0.15, -0.1) is 11.3 Å². The maximum Gasteiger partial charge on any atom is 0.265 e. The van der Waals surface area contributed by atoms with Crippen molar-refractivity contribution in [2.24, 2.45) is 0 Å². The van der Waals surface area contributed by atoms with Crippen LogP contribution in [0.4, 0.5) is 11.5 Å². The average molecular weight is 304 g/mol. The SMILES string of the molecule is CN(C)CCCNc1ccc(NC(=O)c2cccs2)cn1. The van der Waals surface area contributed by atoms with Gasteiger partial charge >= 0.3 is 0 Å². The summed E-state index contributed by atoms with van der Waals surface area (Å²) in [6.07, 6.45) is 2.73. The first-order valence-electron chi connectivity index (χ1n) is 6.84. The van der Waals surface area contributed by atoms with Crippen LogP contribution in [0.5, 0.6) is 0 Å². The molecule has 2 N–H and O–H groups in total. The summed E-state index contributed by atoms with van der Waals surface area (Å²) in [6.45, 7) is 1.92. The predicted octanol–water partition coefficient (Wildman–Crippen LogP) is 2.76. The van der Waals surface area contributed by atoms with Gasteiger partial charge in [-0.3, -0.25) is 4.79 Å². The van der Waals surface area contributed by atoms with Gasteiger partial charge in [0.05, 0.1) is 16.8 Å². The van der Waals surface area contributed by atoms with Crippen molar-refractivity contribution in [3.63, 3.8) is 0 Å². The molecule has 0 unspecified atom stereocenters. The summed E-state index contributed by atoms with van der Waals surface area (Å²) in [6, 6.07) is 7.39. The molecule has 0 aliphatic carbocycles. The Labute approximate surface area is 129 Å². The lowest BCUT2D eigenvalue weighted by atomic mass is 10.3. The summed E-state index contributed by atoms with van der Waals surface area (Å²) < 4.78 is 0. The van der Waals surface area contributed by atoms with Gasteiger partial charge in [0.15, 0.2) is 0 Å². The third kappa shape index (κ3) is 5.17. The smallest absolute Gasteiger partial charge is 0.265 e. The molecule has 112 valence electrons. The molecule has 5 nitrogen and oxygen atoms in total. The fourth-order valence-electron chi connectivity index (χ4n) is 1.78. The van der Waals surface area contributed by atoms with Crippen LogP contribution < -0.4 is 10.6 Å². The monoisotopic (exact) mass is 304 g/mol. The van der Waals surface area contributed by atoms with Crippen LogP contribution in [0.3, 0.4) is 0 Å². The van der Waals surface area contributed by atoms with E-state index in [1.165, 1.54) is 11.3 Å². The molecule has 0 bridgehead atoms. The first-order chi connectivity index (χ1) is 10.1. The van der Waals surface area contributed by atoms with Crippen molar-refractivity contribution in [2.45, 2.75) is 6.42 Å². The summed E-state index contributed by atoms with van der Waals surface area (Å²) in [5.41, 5.74) is 0.701. The van der Waals surface area contributed by atoms with Crippen molar-refractivity contribution in [1.82, 2.24) is 9.88 Å². The largest absolute Gasteiger partial charge is 0.370 e. The number of carbonyl (C=O) groups is 1. The number of hydrogen-bond acceptors (Lipinski definition) is 5. The Morgan fingerprint density at radius 2 is 2.19 bits per heavy atom. The van der Waals surface area contributed by atoms with Gasteiger partial charge in [-0.05, 0) is 50.6 Å². The van der Waals surface area contributed by atoms with Gasteiger partial charge in [-0.1, -0.05) is 6.07 Å². The van der Waals surface area contributed by atoms with Gasteiger partial charge in [0, 0.05) is 6.54 Å². The molecule has 2 aromatic rings. The number of nitrogens with zero attached hydrogens (tertiary/aromatic N) is 2. The van der Waals surface area contributed by atoms with Crippen molar-refractivity contribution in [3.8, 4) is 0 Å². The Morgan fingerprint density at radius 3 is 2.81 bits per heavy atom. The van der Waals surface area contributed by atoms with E-state index in [2.05, 4.69) is 34.6 Å². The molecular weight excluding hydrogens is 284 g/mol. The zero-order valence-corrected chi connectivity index (χ0v) is 13.1. The second-order valence-corrected chi connectivity index (χ2v) is 5.89. The van der Waals surface area contributed by atoms with Crippen LogP contribution in [0.25, 0.3) is 0 Å². The number of rotatable bonds is 7. The molecule has 6 heteroatoms. The third-order valence-electron chi connectivity index (χ3n) is 2.85. The molecule has 0 atom stereocenters. The van der Waals surface area contributed by atoms with Gasteiger partial charge in [0.1, 0.15) is 5.82 Å². The van der Waals surface area contributed by atoms with Gasteiger partial charge in [0.25, 0.3) is 5.91 Å². The molecule has 0 saturated heterocycles. The van der Waals surface area contributed by atoms with E-state index in [0.717, 1.165) is 25.3 Å². The van der Waals surface area contributed by atoms with Crippen molar-refractivity contribution in [3.05, 3.63) is 40.7 Å². The molecule has 0 aliphatic rings. The fourth-order valence-corrected chi connectivity index (χ4v) is 2.40. The van der Waals surface area contributed by atoms with Crippen LogP contribution in [0.1, 0.15) is 16.1 Å². The summed E-state index contributed by atoms with van der Waals surface area (Å²) >= 11 is 1.42. The van der Waals surface area contributed by atoms with Crippen molar-refractivity contribution in [1.29, 1.82) is 0 Å². The Kier molecular flexibility index (Phi) is 5.71. The highest BCUT2D eigenvalue weighted by molar-refractivity contribution is 7.12. The first-order valence-corrected chi connectivity index (χ1v) is 7.72. The van der Waals surface area contributed by atoms with Crippen molar-refractivity contribution < 1.29 is 4.79 Å². The number of anilines is 2. The maximum atomic E-state index is 11.9. The average Bonchev–Trinajstić information content (AvgIpc) is 2.99. The van der Waals surface area contributed by atoms with Crippen LogP contribution in [-0.4, -0.2) is 43.0 Å². The lowest BCUT2D eigenvalue weighted by Crippen LogP contribution is -2.16. The Bertz CT molecular complexity index is 552. The molecule has 1 amide bonds. The van der Waals surface area contributed by atoms with E-state index in [1.54, 1.807) is 12.3 Å². The Balaban J connectivity index is 1.80. The second kappa shape index (κ2) is 7.75. The highest BCUT2D eigenvalue weighted by atomic mass is 32.1. The molecule has 0 radical (unpaired) electrons. The molecule has 0 aliphatic heterocycles. The quantitative estimate of drug-likeness (QED) is 0.772. The number of aromatic nitrogens is 1. The number of nitrogens with one attached hydrogen (secondary N) is 2. The van der Waals surface area contributed by atoms with Gasteiger partial charge in [0.2, 0.25) is 0 Å². The molecule has 2 heterocycles. The number of thiophene rings is 1. The van der Waals surface area contributed by atoms with E-state index >= 15 is 0 Å². The zero-order valence-electron chi connectivity index (χ0n) is 12.3. The van der Waals surface area contributed by atoms with Crippen LogP contribution in [-0.2, 0) is 0 Å². The van der Waals surface area contributed by atoms with Crippen LogP contribution in [0.2, 0.25) is 0 Å². The van der Waals surface area contributed by atoms with Crippen molar-refractivity contribution in [2.75, 3.05) is 37.8 Å². The van der Waals surface area contributed by atoms with Crippen LogP contribution >= 0.6 is 11.3 Å². The van der Waals surface area contributed by atoms with E-state index in [1.807, 2.05) is 23.6 Å². The summed E-state index contributed by atoms with van der Waals surface area (Å²) in [5, 5.41) is 7.97. The molecule has 21 heavy (non-hydrogen) atoms. The lowest BCUT2D eigenvalue weighted by Gasteiger charge is -2.10. The zero-order chi connectivity index (χ0) is 15.1. The number of amides is 1. The minimum absolute atomic E-state index is 0.0986. The number of carbonyl (C=O) groups excluding carboxylic acids is 1. The predicted molar refractivity (Wildman–Crippen MR) is 88.2 cm³/mol. The second-order valence-electron chi connectivity index (χ2n) is 4.95. The molecular formula is C15H20N4OS. The maximum absolute atomic E-state index is 11.9. The molecule has 0 fully saturated rings. The summed E-state index contributed by atoms with van der Waals surface area (Å²) in [5.74, 6) is 0.723. The van der Waals surface area contributed by atoms with Crippen molar-refractivity contribution >= 4 is 28.7 Å². The van der Waals surface area contributed by atoms with Gasteiger partial charge in [-0.2, -0.15) is 0 Å². The highest BCUT2D eigenvalue weighted by Gasteiger charge is 2.06. The fraction of sp³-hybridized carbons (Fsp3) is 0.333. The van der Waals surface area contributed by atoms with E-state index in [0.29, 0.717) is 10.6 Å². The molecule has 2 aromatic heterocycles. The lowest BCUT2D eigenvalue weighted by molar-refractivity contribution is 0.103. The normalized spacial score (nSPS) is 10.6. The molecule has 0 aromatic carbocycles. The third-order valence-corrected chi connectivity index (χ3v) is 3.72. The van der Waals surface area contributed by atoms with Gasteiger partial charge < -0.3 is 15.5 Å². The van der Waals surface area contributed by atoms with Crippen LogP contribution in [0.15, 0.2) is 35.8 Å². The standard InChI is InChI=1S/C15H20N4OS/c1-19(2)9-4-8-16-14-7-6-12(11-17-14)18-15(20)13-5-3-10-21-13/h3,5-7,10-11H,4,8-9H2,1-2H3,(H,16,17)(H,18,20). The Hall–Kier alpha value is -1.92. The molecule has 2 rings (SSSR count). The van der Waals surface area contributed by atoms with Crippen LogP contribution in [0, 0.1) is 0 Å².